The predicted octanol–water partition coefficient (Wildman–Crippen LogP) is 5.07. The van der Waals surface area contributed by atoms with Gasteiger partial charge in [0.2, 0.25) is 0 Å². The molecule has 3 rings (SSSR count). The number of rotatable bonds is 1. The van der Waals surface area contributed by atoms with Gasteiger partial charge in [0.05, 0.1) is 28.6 Å². The Morgan fingerprint density at radius 1 is 0.960 bits per heavy atom. The number of aryl methyl sites for hydroxylation is 1. The average molecular weight is 361 g/mol. The highest BCUT2D eigenvalue weighted by Crippen LogP contribution is 2.40. The molecular weight excluding hydrogens is 348 g/mol. The number of hydrogen-bond acceptors (Lipinski definition) is 2. The lowest BCUT2D eigenvalue weighted by Gasteiger charge is -2.15. The maximum Gasteiger partial charge on any atom is 0.416 e. The number of alkyl halides is 6. The normalized spacial score (nSPS) is 17.7. The maximum absolute atomic E-state index is 13.0. The third-order valence-corrected chi connectivity index (χ3v) is 4.25. The third kappa shape index (κ3) is 3.35. The fraction of sp³-hybridized carbons (Fsp3) is 0.353. The fourth-order valence-corrected chi connectivity index (χ4v) is 2.99. The number of nitrogens with zero attached hydrogens (tertiary/aromatic N) is 1. The molecule has 0 aliphatic heterocycles. The molecule has 1 aliphatic carbocycles. The first-order valence-electron chi connectivity index (χ1n) is 7.45. The molecule has 1 atom stereocenters. The van der Waals surface area contributed by atoms with E-state index in [1.165, 1.54) is 6.07 Å². The summed E-state index contributed by atoms with van der Waals surface area (Å²) >= 11 is 0. The summed E-state index contributed by atoms with van der Waals surface area (Å²) in [7, 11) is 0. The van der Waals surface area contributed by atoms with Crippen molar-refractivity contribution < 1.29 is 31.4 Å². The van der Waals surface area contributed by atoms with Crippen molar-refractivity contribution in [2.75, 3.05) is 0 Å². The Bertz CT molecular complexity index is 793. The Morgan fingerprint density at radius 3 is 2.04 bits per heavy atom. The lowest BCUT2D eigenvalue weighted by Crippen LogP contribution is -2.11. The van der Waals surface area contributed by atoms with Gasteiger partial charge in [-0.15, -0.1) is 0 Å². The topological polar surface area (TPSA) is 33.1 Å². The van der Waals surface area contributed by atoms with Gasteiger partial charge < -0.3 is 5.11 Å². The Morgan fingerprint density at radius 2 is 1.52 bits per heavy atom. The molecule has 134 valence electrons. The minimum Gasteiger partial charge on any atom is -0.387 e. The maximum atomic E-state index is 13.0. The summed E-state index contributed by atoms with van der Waals surface area (Å²) in [5, 5.41) is 9.92. The summed E-state index contributed by atoms with van der Waals surface area (Å²) in [6, 6.07) is 2.82. The third-order valence-electron chi connectivity index (χ3n) is 4.25. The van der Waals surface area contributed by atoms with Crippen LogP contribution in [0.1, 0.15) is 40.5 Å². The van der Waals surface area contributed by atoms with Gasteiger partial charge >= 0.3 is 12.4 Å². The zero-order valence-electron chi connectivity index (χ0n) is 13.0. The van der Waals surface area contributed by atoms with Gasteiger partial charge in [0, 0.05) is 5.56 Å². The van der Waals surface area contributed by atoms with Gasteiger partial charge in [-0.2, -0.15) is 26.3 Å². The predicted molar refractivity (Wildman–Crippen MR) is 77.7 cm³/mol. The van der Waals surface area contributed by atoms with E-state index in [-0.39, 0.29) is 17.3 Å². The highest BCUT2D eigenvalue weighted by atomic mass is 19.4. The van der Waals surface area contributed by atoms with Crippen molar-refractivity contribution in [3.8, 4) is 11.3 Å². The van der Waals surface area contributed by atoms with Crippen LogP contribution >= 0.6 is 0 Å². The van der Waals surface area contributed by atoms with Crippen LogP contribution in [-0.4, -0.2) is 10.1 Å². The molecule has 1 aliphatic rings. The number of benzene rings is 1. The monoisotopic (exact) mass is 361 g/mol. The summed E-state index contributed by atoms with van der Waals surface area (Å²) in [4.78, 5) is 4.13. The van der Waals surface area contributed by atoms with E-state index in [2.05, 4.69) is 4.98 Å². The largest absolute Gasteiger partial charge is 0.416 e. The molecule has 1 aromatic carbocycles. The Balaban J connectivity index is 2.21. The summed E-state index contributed by atoms with van der Waals surface area (Å²) in [6.07, 6.45) is -9.68. The molecule has 0 radical (unpaired) electrons. The van der Waals surface area contributed by atoms with E-state index in [1.807, 2.05) is 0 Å². The fourth-order valence-electron chi connectivity index (χ4n) is 2.99. The second-order valence-electron chi connectivity index (χ2n) is 6.04. The van der Waals surface area contributed by atoms with E-state index < -0.39 is 29.6 Å². The molecule has 0 fully saturated rings. The molecule has 0 bridgehead atoms. The molecule has 8 heteroatoms. The molecular formula is C17H13F6NO. The molecule has 25 heavy (non-hydrogen) atoms. The van der Waals surface area contributed by atoms with Crippen LogP contribution in [0.3, 0.4) is 0 Å². The minimum atomic E-state index is -4.92. The standard InChI is InChI=1S/C17H13F6NO/c1-8-4-13(24-15-12(8)2-3-14(15)25)9-5-10(16(18,19)20)7-11(6-9)17(21,22)23/h4-7,14,25H,2-3H2,1H3/t14-/m0/s1. The van der Waals surface area contributed by atoms with Gasteiger partial charge in [0.15, 0.2) is 0 Å². The van der Waals surface area contributed by atoms with E-state index in [4.69, 9.17) is 0 Å². The van der Waals surface area contributed by atoms with Gasteiger partial charge in [0.25, 0.3) is 0 Å². The van der Waals surface area contributed by atoms with Crippen LogP contribution in [0.25, 0.3) is 11.3 Å². The molecule has 0 spiro atoms. The molecule has 0 amide bonds. The SMILES string of the molecule is Cc1cc(-c2cc(C(F)(F)F)cc(C(F)(F)F)c2)nc2c1CC[C@@H]2O. The number of aliphatic hydroxyl groups excluding tert-OH is 1. The van der Waals surface area contributed by atoms with Crippen molar-refractivity contribution >= 4 is 0 Å². The first-order chi connectivity index (χ1) is 11.5. The van der Waals surface area contributed by atoms with Crippen molar-refractivity contribution in [2.24, 2.45) is 0 Å². The van der Waals surface area contributed by atoms with Crippen molar-refractivity contribution in [3.05, 3.63) is 52.2 Å². The summed E-state index contributed by atoms with van der Waals surface area (Å²) in [5.74, 6) is 0. The Hall–Kier alpha value is -2.09. The van der Waals surface area contributed by atoms with Crippen molar-refractivity contribution in [1.82, 2.24) is 4.98 Å². The van der Waals surface area contributed by atoms with Gasteiger partial charge in [-0.3, -0.25) is 0 Å². The Labute approximate surface area is 139 Å². The summed E-state index contributed by atoms with van der Waals surface area (Å²) in [6.45, 7) is 1.69. The first kappa shape index (κ1) is 17.7. The zero-order valence-corrected chi connectivity index (χ0v) is 13.0. The van der Waals surface area contributed by atoms with Crippen LogP contribution in [0, 0.1) is 6.92 Å². The smallest absolute Gasteiger partial charge is 0.387 e. The molecule has 1 heterocycles. The van der Waals surface area contributed by atoms with Crippen LogP contribution in [0.5, 0.6) is 0 Å². The quantitative estimate of drug-likeness (QED) is 0.719. The molecule has 1 aromatic heterocycles. The van der Waals surface area contributed by atoms with E-state index in [1.54, 1.807) is 6.92 Å². The van der Waals surface area contributed by atoms with Crippen LogP contribution in [0.15, 0.2) is 24.3 Å². The number of fused-ring (bicyclic) bond motifs is 1. The second kappa shape index (κ2) is 5.72. The number of hydrogen-bond donors (Lipinski definition) is 1. The number of pyridine rings is 1. The van der Waals surface area contributed by atoms with Crippen molar-refractivity contribution in [3.63, 3.8) is 0 Å². The highest BCUT2D eigenvalue weighted by molar-refractivity contribution is 5.64. The van der Waals surface area contributed by atoms with Crippen LogP contribution in [0.4, 0.5) is 26.3 Å². The number of halogens is 6. The minimum absolute atomic E-state index is 0.0196. The highest BCUT2D eigenvalue weighted by Gasteiger charge is 2.37. The van der Waals surface area contributed by atoms with Crippen LogP contribution in [-0.2, 0) is 18.8 Å². The Kier molecular flexibility index (Phi) is 4.06. The van der Waals surface area contributed by atoms with Gasteiger partial charge in [0.1, 0.15) is 0 Å². The van der Waals surface area contributed by atoms with E-state index in [0.29, 0.717) is 36.2 Å². The van der Waals surface area contributed by atoms with Crippen LogP contribution < -0.4 is 0 Å². The first-order valence-corrected chi connectivity index (χ1v) is 7.45. The summed E-state index contributed by atoms with van der Waals surface area (Å²) < 4.78 is 77.9. The molecule has 0 saturated heterocycles. The van der Waals surface area contributed by atoms with E-state index in [9.17, 15) is 31.4 Å². The van der Waals surface area contributed by atoms with Gasteiger partial charge in [-0.1, -0.05) is 0 Å². The number of aromatic nitrogens is 1. The average Bonchev–Trinajstić information content (AvgIpc) is 2.87. The molecule has 1 N–H and O–H groups in total. The van der Waals surface area contributed by atoms with E-state index >= 15 is 0 Å². The second-order valence-corrected chi connectivity index (χ2v) is 6.04. The zero-order chi connectivity index (χ0) is 18.6. The summed E-state index contributed by atoms with van der Waals surface area (Å²) in [5.41, 5.74) is -1.29. The lowest BCUT2D eigenvalue weighted by atomic mass is 9.99. The van der Waals surface area contributed by atoms with Crippen molar-refractivity contribution in [2.45, 2.75) is 38.2 Å². The van der Waals surface area contributed by atoms with Gasteiger partial charge in [-0.05, 0) is 55.2 Å². The molecule has 0 saturated carbocycles. The molecule has 2 nitrogen and oxygen atoms in total. The number of aliphatic hydroxyl groups is 1. The molecule has 0 unspecified atom stereocenters. The van der Waals surface area contributed by atoms with Crippen LogP contribution in [0.2, 0.25) is 0 Å². The van der Waals surface area contributed by atoms with Gasteiger partial charge in [-0.25, -0.2) is 4.98 Å². The van der Waals surface area contributed by atoms with E-state index in [0.717, 1.165) is 5.56 Å². The lowest BCUT2D eigenvalue weighted by molar-refractivity contribution is -0.143. The van der Waals surface area contributed by atoms with Crippen molar-refractivity contribution in [1.29, 1.82) is 0 Å². The molecule has 2 aromatic rings.